The van der Waals surface area contributed by atoms with Gasteiger partial charge in [-0.05, 0) is 20.8 Å². The molecule has 3 N–H and O–H groups in total. The number of anilines is 3. The molecule has 2 aromatic rings. The first-order valence-corrected chi connectivity index (χ1v) is 7.70. The van der Waals surface area contributed by atoms with Crippen LogP contribution in [0.25, 0.3) is 0 Å². The Hall–Kier alpha value is -2.76. The molecule has 142 valence electrons. The average Bonchev–Trinajstić information content (AvgIpc) is 2.58. The van der Waals surface area contributed by atoms with Crippen LogP contribution in [-0.4, -0.2) is 48.9 Å². The molecule has 0 atom stereocenters. The summed E-state index contributed by atoms with van der Waals surface area (Å²) in [5.41, 5.74) is 1.34. The number of alkyl halides is 3. The van der Waals surface area contributed by atoms with E-state index in [0.717, 1.165) is 10.8 Å². The zero-order chi connectivity index (χ0) is 19.3. The Labute approximate surface area is 147 Å². The fourth-order valence-corrected chi connectivity index (χ4v) is 1.72. The van der Waals surface area contributed by atoms with Gasteiger partial charge in [0.1, 0.15) is 6.54 Å². The highest BCUT2D eigenvalue weighted by atomic mass is 19.4. The lowest BCUT2D eigenvalue weighted by molar-refractivity contribution is -0.115. The third kappa shape index (κ3) is 5.95. The first-order valence-electron chi connectivity index (χ1n) is 7.70. The van der Waals surface area contributed by atoms with Crippen molar-refractivity contribution in [3.8, 4) is 0 Å². The van der Waals surface area contributed by atoms with E-state index in [0.29, 0.717) is 5.69 Å². The first-order chi connectivity index (χ1) is 12.1. The predicted molar refractivity (Wildman–Crippen MR) is 87.9 cm³/mol. The third-order valence-corrected chi connectivity index (χ3v) is 3.03. The monoisotopic (exact) mass is 372 g/mol. The molecule has 2 heterocycles. The summed E-state index contributed by atoms with van der Waals surface area (Å²) in [6.07, 6.45) is -1.30. The van der Waals surface area contributed by atoms with Gasteiger partial charge in [-0.1, -0.05) is 0 Å². The van der Waals surface area contributed by atoms with Gasteiger partial charge in [0.15, 0.2) is 0 Å². The number of hydrogen-bond donors (Lipinski definition) is 3. The van der Waals surface area contributed by atoms with Gasteiger partial charge in [-0.2, -0.15) is 28.1 Å². The van der Waals surface area contributed by atoms with Crippen molar-refractivity contribution in [1.82, 2.24) is 24.9 Å². The Morgan fingerprint density at radius 1 is 1.08 bits per heavy atom. The van der Waals surface area contributed by atoms with E-state index in [1.807, 2.05) is 0 Å². The van der Waals surface area contributed by atoms with Gasteiger partial charge in [-0.15, -0.1) is 0 Å². The lowest BCUT2D eigenvalue weighted by Crippen LogP contribution is -2.30. The fraction of sp³-hybridized carbons (Fsp3) is 0.500. The summed E-state index contributed by atoms with van der Waals surface area (Å²) >= 11 is 0. The molecule has 0 fully saturated rings. The molecular weight excluding hydrogens is 353 g/mol. The molecule has 12 heteroatoms. The maximum Gasteiger partial charge on any atom is 0.405 e. The van der Waals surface area contributed by atoms with Crippen molar-refractivity contribution in [2.24, 2.45) is 0 Å². The van der Waals surface area contributed by atoms with Crippen molar-refractivity contribution in [3.05, 3.63) is 23.8 Å². The second-order valence-electron chi connectivity index (χ2n) is 5.69. The number of aromatic nitrogens is 5. The molecule has 26 heavy (non-hydrogen) atoms. The van der Waals surface area contributed by atoms with E-state index in [2.05, 4.69) is 35.6 Å². The summed E-state index contributed by atoms with van der Waals surface area (Å²) in [5.74, 6) is -0.511. The van der Waals surface area contributed by atoms with Gasteiger partial charge < -0.3 is 10.6 Å². The van der Waals surface area contributed by atoms with Crippen LogP contribution in [0.2, 0.25) is 0 Å². The standard InChI is InChI=1S/C14H19F3N8O/c1-8(2)25(26)13-23-11(20-6-10-5-18-9(3)4-19-10)22-12(24-13)21-7-14(15,16)17/h4-5,8,26H,6-7H2,1-3H3,(H2,20,21,22,23,24). The van der Waals surface area contributed by atoms with Crippen molar-refractivity contribution in [2.45, 2.75) is 39.5 Å². The van der Waals surface area contributed by atoms with E-state index in [1.54, 1.807) is 33.2 Å². The van der Waals surface area contributed by atoms with Gasteiger partial charge in [0, 0.05) is 6.20 Å². The highest BCUT2D eigenvalue weighted by Gasteiger charge is 2.27. The molecule has 0 aromatic carbocycles. The van der Waals surface area contributed by atoms with Crippen LogP contribution >= 0.6 is 0 Å². The van der Waals surface area contributed by atoms with Crippen LogP contribution in [0.5, 0.6) is 0 Å². The largest absolute Gasteiger partial charge is 0.405 e. The molecule has 0 radical (unpaired) electrons. The molecule has 0 aliphatic carbocycles. The number of halogens is 3. The minimum Gasteiger partial charge on any atom is -0.348 e. The Morgan fingerprint density at radius 2 is 1.73 bits per heavy atom. The van der Waals surface area contributed by atoms with Crippen LogP contribution in [0, 0.1) is 6.92 Å². The summed E-state index contributed by atoms with van der Waals surface area (Å²) in [7, 11) is 0. The van der Waals surface area contributed by atoms with Gasteiger partial charge in [0.2, 0.25) is 11.9 Å². The SMILES string of the molecule is Cc1cnc(CNc2nc(NCC(F)(F)F)nc(N(O)C(C)C)n2)cn1. The zero-order valence-corrected chi connectivity index (χ0v) is 14.4. The molecular formula is C14H19F3N8O. The van der Waals surface area contributed by atoms with E-state index in [1.165, 1.54) is 0 Å². The average molecular weight is 372 g/mol. The smallest absolute Gasteiger partial charge is 0.348 e. The Kier molecular flexibility index (Phi) is 6.08. The molecule has 0 amide bonds. The normalized spacial score (nSPS) is 11.5. The van der Waals surface area contributed by atoms with Crippen molar-refractivity contribution >= 4 is 17.8 Å². The summed E-state index contributed by atoms with van der Waals surface area (Å²) in [5, 5.41) is 15.6. The van der Waals surface area contributed by atoms with Crippen molar-refractivity contribution in [1.29, 1.82) is 0 Å². The minimum atomic E-state index is -4.44. The molecule has 9 nitrogen and oxygen atoms in total. The lowest BCUT2D eigenvalue weighted by atomic mass is 10.4. The maximum absolute atomic E-state index is 12.4. The Morgan fingerprint density at radius 3 is 2.27 bits per heavy atom. The summed E-state index contributed by atoms with van der Waals surface area (Å²) in [4.78, 5) is 19.9. The minimum absolute atomic E-state index is 0.0123. The van der Waals surface area contributed by atoms with E-state index in [9.17, 15) is 18.4 Å². The molecule has 0 bridgehead atoms. The second-order valence-corrected chi connectivity index (χ2v) is 5.69. The molecule has 0 saturated carbocycles. The van der Waals surface area contributed by atoms with Crippen LogP contribution in [-0.2, 0) is 6.54 Å². The van der Waals surface area contributed by atoms with Crippen LogP contribution < -0.4 is 15.7 Å². The van der Waals surface area contributed by atoms with E-state index >= 15 is 0 Å². The van der Waals surface area contributed by atoms with Gasteiger partial charge >= 0.3 is 6.18 Å². The second kappa shape index (κ2) is 8.08. The van der Waals surface area contributed by atoms with Crippen molar-refractivity contribution in [2.75, 3.05) is 22.2 Å². The van der Waals surface area contributed by atoms with Crippen LogP contribution in [0.1, 0.15) is 25.2 Å². The zero-order valence-electron chi connectivity index (χ0n) is 14.4. The summed E-state index contributed by atoms with van der Waals surface area (Å²) in [6.45, 7) is 4.01. The van der Waals surface area contributed by atoms with Crippen molar-refractivity contribution in [3.63, 3.8) is 0 Å². The molecule has 0 saturated heterocycles. The van der Waals surface area contributed by atoms with Crippen molar-refractivity contribution < 1.29 is 18.4 Å². The molecule has 0 spiro atoms. The number of nitrogens with zero attached hydrogens (tertiary/aromatic N) is 6. The first kappa shape index (κ1) is 19.6. The van der Waals surface area contributed by atoms with E-state index < -0.39 is 12.7 Å². The molecule has 0 unspecified atom stereocenters. The van der Waals surface area contributed by atoms with Gasteiger partial charge in [0.05, 0.1) is 30.2 Å². The quantitative estimate of drug-likeness (QED) is 0.629. The topological polar surface area (TPSA) is 112 Å². The molecule has 2 rings (SSSR count). The lowest BCUT2D eigenvalue weighted by Gasteiger charge is -2.20. The number of nitrogens with one attached hydrogen (secondary N) is 2. The number of hydrogen-bond acceptors (Lipinski definition) is 9. The highest BCUT2D eigenvalue weighted by molar-refractivity contribution is 5.43. The maximum atomic E-state index is 12.4. The highest BCUT2D eigenvalue weighted by Crippen LogP contribution is 2.18. The van der Waals surface area contributed by atoms with Crippen LogP contribution in [0.3, 0.4) is 0 Å². The molecule has 0 aliphatic heterocycles. The number of aryl methyl sites for hydroxylation is 1. The van der Waals surface area contributed by atoms with Crippen LogP contribution in [0.15, 0.2) is 12.4 Å². The van der Waals surface area contributed by atoms with E-state index in [4.69, 9.17) is 0 Å². The van der Waals surface area contributed by atoms with E-state index in [-0.39, 0.29) is 30.4 Å². The molecule has 2 aromatic heterocycles. The Balaban J connectivity index is 2.19. The van der Waals surface area contributed by atoms with Gasteiger partial charge in [-0.25, -0.2) is 5.06 Å². The summed E-state index contributed by atoms with van der Waals surface area (Å²) in [6, 6.07) is -0.385. The van der Waals surface area contributed by atoms with Crippen LogP contribution in [0.4, 0.5) is 31.0 Å². The molecule has 0 aliphatic rings. The van der Waals surface area contributed by atoms with Gasteiger partial charge in [-0.3, -0.25) is 15.2 Å². The Bertz CT molecular complexity index is 723. The number of rotatable bonds is 7. The summed E-state index contributed by atoms with van der Waals surface area (Å²) < 4.78 is 37.2. The van der Waals surface area contributed by atoms with Gasteiger partial charge in [0.25, 0.3) is 5.95 Å². The number of hydroxylamine groups is 1. The predicted octanol–water partition coefficient (Wildman–Crippen LogP) is 2.16. The fourth-order valence-electron chi connectivity index (χ4n) is 1.72. The third-order valence-electron chi connectivity index (χ3n) is 3.03.